The minimum atomic E-state index is -4.53. The number of halogens is 3. The molecule has 0 amide bonds. The number of carbonyl (C=O) groups is 2. The average Bonchev–Trinajstić information content (AvgIpc) is 2.25. The van der Waals surface area contributed by atoms with E-state index in [1.165, 1.54) is 5.57 Å². The topological polar surface area (TPSA) is 34.1 Å². The molecule has 0 spiro atoms. The van der Waals surface area contributed by atoms with Gasteiger partial charge >= 0.3 is 6.18 Å². The molecule has 0 heterocycles. The molecule has 2 nitrogen and oxygen atoms in total. The van der Waals surface area contributed by atoms with E-state index in [4.69, 9.17) is 0 Å². The van der Waals surface area contributed by atoms with Gasteiger partial charge in [0, 0.05) is 6.42 Å². The molecule has 0 N–H and O–H groups in total. The SMILES string of the molecule is CC(C)=CCC/C(C)=C\CCC(=O)CC(=O)CC(F)(F)F. The van der Waals surface area contributed by atoms with Crippen LogP contribution in [0, 0.1) is 0 Å². The molecule has 5 heteroatoms. The van der Waals surface area contributed by atoms with Gasteiger partial charge in [-0.2, -0.15) is 13.2 Å². The molecular weight excluding hydrogens is 281 g/mol. The standard InChI is InChI=1S/C16H23F3O2/c1-12(2)6-4-7-13(3)8-5-9-14(20)10-15(21)11-16(17,18)19/h6,8H,4-5,7,9-11H2,1-3H3/b13-8-. The maximum absolute atomic E-state index is 11.9. The Labute approximate surface area is 124 Å². The molecule has 21 heavy (non-hydrogen) atoms. The summed E-state index contributed by atoms with van der Waals surface area (Å²) in [6.45, 7) is 6.00. The van der Waals surface area contributed by atoms with Crippen molar-refractivity contribution in [2.75, 3.05) is 0 Å². The summed E-state index contributed by atoms with van der Waals surface area (Å²) in [7, 11) is 0. The molecule has 0 aromatic carbocycles. The summed E-state index contributed by atoms with van der Waals surface area (Å²) in [5.41, 5.74) is 2.39. The van der Waals surface area contributed by atoms with Gasteiger partial charge in [0.25, 0.3) is 0 Å². The zero-order valence-corrected chi connectivity index (χ0v) is 12.8. The molecule has 0 aromatic rings. The lowest BCUT2D eigenvalue weighted by atomic mass is 10.0. The van der Waals surface area contributed by atoms with Gasteiger partial charge in [-0.3, -0.25) is 9.59 Å². The van der Waals surface area contributed by atoms with Crippen molar-refractivity contribution in [3.63, 3.8) is 0 Å². The third kappa shape index (κ3) is 13.4. The Morgan fingerprint density at radius 1 is 0.905 bits per heavy atom. The van der Waals surface area contributed by atoms with Crippen LogP contribution < -0.4 is 0 Å². The molecule has 0 unspecified atom stereocenters. The Balaban J connectivity index is 3.98. The zero-order chi connectivity index (χ0) is 16.5. The van der Waals surface area contributed by atoms with Crippen LogP contribution in [0.2, 0.25) is 0 Å². The second-order valence-corrected chi connectivity index (χ2v) is 5.46. The number of carbonyl (C=O) groups excluding carboxylic acids is 2. The van der Waals surface area contributed by atoms with Gasteiger partial charge in [-0.1, -0.05) is 23.3 Å². The number of rotatable bonds is 9. The molecule has 0 aliphatic heterocycles. The van der Waals surface area contributed by atoms with E-state index in [0.29, 0.717) is 6.42 Å². The molecule has 0 atom stereocenters. The number of ketones is 2. The van der Waals surface area contributed by atoms with Gasteiger partial charge < -0.3 is 0 Å². The van der Waals surface area contributed by atoms with Gasteiger partial charge in [0.15, 0.2) is 0 Å². The quantitative estimate of drug-likeness (QED) is 0.446. The van der Waals surface area contributed by atoms with E-state index in [9.17, 15) is 22.8 Å². The lowest BCUT2D eigenvalue weighted by molar-refractivity contribution is -0.152. The predicted molar refractivity (Wildman–Crippen MR) is 77.0 cm³/mol. The van der Waals surface area contributed by atoms with E-state index in [2.05, 4.69) is 6.08 Å². The molecule has 0 saturated carbocycles. The first-order chi connectivity index (χ1) is 9.60. The maximum atomic E-state index is 11.9. The van der Waals surface area contributed by atoms with E-state index in [1.807, 2.05) is 26.8 Å². The van der Waals surface area contributed by atoms with Crippen molar-refractivity contribution in [2.24, 2.45) is 0 Å². The summed E-state index contributed by atoms with van der Waals surface area (Å²) in [4.78, 5) is 22.4. The predicted octanol–water partition coefficient (Wildman–Crippen LogP) is 4.94. The third-order valence-corrected chi connectivity index (χ3v) is 2.80. The monoisotopic (exact) mass is 304 g/mol. The lowest BCUT2D eigenvalue weighted by Crippen LogP contribution is -2.17. The van der Waals surface area contributed by atoms with E-state index < -0.39 is 30.6 Å². The fourth-order valence-corrected chi connectivity index (χ4v) is 1.76. The largest absolute Gasteiger partial charge is 0.395 e. The van der Waals surface area contributed by atoms with Crippen molar-refractivity contribution in [1.82, 2.24) is 0 Å². The van der Waals surface area contributed by atoms with Crippen LogP contribution in [0.3, 0.4) is 0 Å². The van der Waals surface area contributed by atoms with Crippen LogP contribution in [-0.4, -0.2) is 17.7 Å². The second-order valence-electron chi connectivity index (χ2n) is 5.46. The summed E-state index contributed by atoms with van der Waals surface area (Å²) in [5.74, 6) is -1.49. The summed E-state index contributed by atoms with van der Waals surface area (Å²) < 4.78 is 35.8. The Bertz CT molecular complexity index is 414. The smallest absolute Gasteiger partial charge is 0.299 e. The highest BCUT2D eigenvalue weighted by atomic mass is 19.4. The number of hydrogen-bond donors (Lipinski definition) is 0. The van der Waals surface area contributed by atoms with E-state index in [1.54, 1.807) is 0 Å². The minimum Gasteiger partial charge on any atom is -0.299 e. The van der Waals surface area contributed by atoms with Crippen LogP contribution in [0.25, 0.3) is 0 Å². The van der Waals surface area contributed by atoms with Crippen molar-refractivity contribution >= 4 is 11.6 Å². The molecule has 0 aliphatic carbocycles. The fraction of sp³-hybridized carbons (Fsp3) is 0.625. The van der Waals surface area contributed by atoms with Gasteiger partial charge in [-0.05, 0) is 40.0 Å². The minimum absolute atomic E-state index is 0.115. The average molecular weight is 304 g/mol. The summed E-state index contributed by atoms with van der Waals surface area (Å²) in [6.07, 6.45) is -0.222. The maximum Gasteiger partial charge on any atom is 0.395 e. The molecule has 0 rings (SSSR count). The van der Waals surface area contributed by atoms with Gasteiger partial charge in [-0.25, -0.2) is 0 Å². The molecule has 120 valence electrons. The van der Waals surface area contributed by atoms with Crippen molar-refractivity contribution in [1.29, 1.82) is 0 Å². The first-order valence-electron chi connectivity index (χ1n) is 6.99. The Hall–Kier alpha value is -1.39. The first-order valence-corrected chi connectivity index (χ1v) is 6.99. The number of allylic oxidation sites excluding steroid dienone is 4. The van der Waals surface area contributed by atoms with Crippen LogP contribution in [0.4, 0.5) is 13.2 Å². The van der Waals surface area contributed by atoms with Crippen molar-refractivity contribution in [3.05, 3.63) is 23.3 Å². The molecule has 0 fully saturated rings. The summed E-state index contributed by atoms with van der Waals surface area (Å²) >= 11 is 0. The Kier molecular flexibility index (Phi) is 8.90. The molecule has 0 radical (unpaired) electrons. The van der Waals surface area contributed by atoms with Crippen LogP contribution in [0.1, 0.15) is 59.3 Å². The van der Waals surface area contributed by atoms with Crippen LogP contribution >= 0.6 is 0 Å². The Morgan fingerprint density at radius 3 is 2.00 bits per heavy atom. The van der Waals surface area contributed by atoms with Crippen molar-refractivity contribution < 1.29 is 22.8 Å². The Morgan fingerprint density at radius 2 is 1.48 bits per heavy atom. The highest BCUT2D eigenvalue weighted by molar-refractivity contribution is 5.99. The van der Waals surface area contributed by atoms with Crippen LogP contribution in [0.5, 0.6) is 0 Å². The third-order valence-electron chi connectivity index (χ3n) is 2.80. The van der Waals surface area contributed by atoms with Crippen LogP contribution in [-0.2, 0) is 9.59 Å². The van der Waals surface area contributed by atoms with Gasteiger partial charge in [-0.15, -0.1) is 0 Å². The summed E-state index contributed by atoms with van der Waals surface area (Å²) in [6, 6.07) is 0. The van der Waals surface area contributed by atoms with Crippen LogP contribution in [0.15, 0.2) is 23.3 Å². The van der Waals surface area contributed by atoms with Gasteiger partial charge in [0.1, 0.15) is 18.0 Å². The number of hydrogen-bond acceptors (Lipinski definition) is 2. The van der Waals surface area contributed by atoms with E-state index in [0.717, 1.165) is 18.4 Å². The van der Waals surface area contributed by atoms with Crippen molar-refractivity contribution in [2.45, 2.75) is 65.5 Å². The molecule has 0 aromatic heterocycles. The van der Waals surface area contributed by atoms with Gasteiger partial charge in [0.05, 0.1) is 6.42 Å². The molecule has 0 aliphatic rings. The molecular formula is C16H23F3O2. The summed E-state index contributed by atoms with van der Waals surface area (Å²) in [5, 5.41) is 0. The van der Waals surface area contributed by atoms with Crippen molar-refractivity contribution in [3.8, 4) is 0 Å². The van der Waals surface area contributed by atoms with E-state index >= 15 is 0 Å². The van der Waals surface area contributed by atoms with Gasteiger partial charge in [0.2, 0.25) is 0 Å². The molecule has 0 bridgehead atoms. The highest BCUT2D eigenvalue weighted by Crippen LogP contribution is 2.20. The fourth-order valence-electron chi connectivity index (χ4n) is 1.76. The second kappa shape index (κ2) is 9.53. The normalized spacial score (nSPS) is 12.2. The van der Waals surface area contributed by atoms with E-state index in [-0.39, 0.29) is 6.42 Å². The molecule has 0 saturated heterocycles. The zero-order valence-electron chi connectivity index (χ0n) is 12.8. The lowest BCUT2D eigenvalue weighted by Gasteiger charge is -2.04. The number of alkyl halides is 3. The number of Topliss-reactive ketones (excluding diaryl/α,β-unsaturated/α-hetero) is 2. The highest BCUT2D eigenvalue weighted by Gasteiger charge is 2.31. The first kappa shape index (κ1) is 19.6.